The van der Waals surface area contributed by atoms with Gasteiger partial charge in [-0.25, -0.2) is 0 Å². The van der Waals surface area contributed by atoms with Crippen LogP contribution >= 0.6 is 0 Å². The highest BCUT2D eigenvalue weighted by Crippen LogP contribution is 2.55. The highest BCUT2D eigenvalue weighted by molar-refractivity contribution is 5.82. The smallest absolute Gasteiger partial charge is 0.223 e. The monoisotopic (exact) mass is 364 g/mol. The van der Waals surface area contributed by atoms with E-state index in [4.69, 9.17) is 0 Å². The SMILES string of the molecule is CC(=O)N1C=Cc2ccccc2C1CC(=O)NC12CC3CC(CC(C3)C1)C2. The van der Waals surface area contributed by atoms with E-state index < -0.39 is 0 Å². The molecule has 4 bridgehead atoms. The van der Waals surface area contributed by atoms with Gasteiger partial charge in [-0.1, -0.05) is 24.3 Å². The summed E-state index contributed by atoms with van der Waals surface area (Å²) in [6.07, 6.45) is 11.7. The molecule has 4 saturated carbocycles. The molecule has 4 heteroatoms. The molecule has 142 valence electrons. The van der Waals surface area contributed by atoms with Gasteiger partial charge in [0, 0.05) is 18.7 Å². The fraction of sp³-hybridized carbons (Fsp3) is 0.565. The van der Waals surface area contributed by atoms with Crippen molar-refractivity contribution in [2.45, 2.75) is 63.5 Å². The first-order valence-corrected chi connectivity index (χ1v) is 10.4. The van der Waals surface area contributed by atoms with Crippen LogP contribution < -0.4 is 5.32 Å². The maximum Gasteiger partial charge on any atom is 0.223 e. The van der Waals surface area contributed by atoms with Gasteiger partial charge in [0.2, 0.25) is 11.8 Å². The molecule has 1 aromatic rings. The molecule has 0 saturated heterocycles. The summed E-state index contributed by atoms with van der Waals surface area (Å²) in [5, 5.41) is 3.46. The van der Waals surface area contributed by atoms with Crippen molar-refractivity contribution in [3.8, 4) is 0 Å². The van der Waals surface area contributed by atoms with Gasteiger partial charge in [0.15, 0.2) is 0 Å². The van der Waals surface area contributed by atoms with Crippen molar-refractivity contribution >= 4 is 17.9 Å². The lowest BCUT2D eigenvalue weighted by Crippen LogP contribution is -2.60. The first-order valence-electron chi connectivity index (χ1n) is 10.4. The van der Waals surface area contributed by atoms with Gasteiger partial charge in [-0.05, 0) is 73.5 Å². The Bertz CT molecular complexity index is 777. The molecule has 4 aliphatic carbocycles. The summed E-state index contributed by atoms with van der Waals surface area (Å²) >= 11 is 0. The number of rotatable bonds is 3. The van der Waals surface area contributed by atoms with Crippen molar-refractivity contribution in [2.24, 2.45) is 17.8 Å². The second kappa shape index (κ2) is 6.22. The predicted molar refractivity (Wildman–Crippen MR) is 104 cm³/mol. The first kappa shape index (κ1) is 17.0. The molecule has 0 radical (unpaired) electrons. The van der Waals surface area contributed by atoms with Crippen LogP contribution in [0.2, 0.25) is 0 Å². The van der Waals surface area contributed by atoms with Crippen molar-refractivity contribution in [2.75, 3.05) is 0 Å². The van der Waals surface area contributed by atoms with E-state index in [0.717, 1.165) is 48.1 Å². The fourth-order valence-electron chi connectivity index (χ4n) is 6.70. The van der Waals surface area contributed by atoms with Gasteiger partial charge in [0.1, 0.15) is 0 Å². The normalized spacial score (nSPS) is 35.8. The molecule has 1 heterocycles. The molecule has 4 fully saturated rings. The van der Waals surface area contributed by atoms with E-state index in [1.54, 1.807) is 11.8 Å². The van der Waals surface area contributed by atoms with Crippen molar-refractivity contribution < 1.29 is 9.59 Å². The zero-order chi connectivity index (χ0) is 18.6. The van der Waals surface area contributed by atoms with Crippen LogP contribution in [0.1, 0.15) is 69.0 Å². The highest BCUT2D eigenvalue weighted by Gasteiger charge is 2.51. The minimum absolute atomic E-state index is 0.0200. The van der Waals surface area contributed by atoms with Crippen molar-refractivity contribution in [1.29, 1.82) is 0 Å². The van der Waals surface area contributed by atoms with Crippen LogP contribution in [-0.4, -0.2) is 22.3 Å². The van der Waals surface area contributed by atoms with Crippen LogP contribution in [0.4, 0.5) is 0 Å². The van der Waals surface area contributed by atoms with Crippen LogP contribution in [0, 0.1) is 17.8 Å². The maximum absolute atomic E-state index is 13.1. The molecule has 2 amide bonds. The molecule has 27 heavy (non-hydrogen) atoms. The van der Waals surface area contributed by atoms with Crippen LogP contribution in [0.25, 0.3) is 6.08 Å². The van der Waals surface area contributed by atoms with E-state index in [1.807, 2.05) is 36.5 Å². The second-order valence-electron chi connectivity index (χ2n) is 9.34. The Hall–Kier alpha value is -2.10. The average Bonchev–Trinajstić information content (AvgIpc) is 2.60. The molecular formula is C23H28N2O2. The Morgan fingerprint density at radius 1 is 1.07 bits per heavy atom. The van der Waals surface area contributed by atoms with E-state index in [0.29, 0.717) is 6.42 Å². The Morgan fingerprint density at radius 3 is 2.33 bits per heavy atom. The minimum Gasteiger partial charge on any atom is -0.351 e. The zero-order valence-corrected chi connectivity index (χ0v) is 16.0. The molecule has 4 nitrogen and oxygen atoms in total. The van der Waals surface area contributed by atoms with Crippen LogP contribution in [-0.2, 0) is 9.59 Å². The number of benzene rings is 1. The van der Waals surface area contributed by atoms with Gasteiger partial charge in [-0.2, -0.15) is 0 Å². The molecule has 1 aromatic carbocycles. The van der Waals surface area contributed by atoms with E-state index in [-0.39, 0.29) is 23.4 Å². The van der Waals surface area contributed by atoms with Gasteiger partial charge in [-0.15, -0.1) is 0 Å². The number of amides is 2. The molecular weight excluding hydrogens is 336 g/mol. The fourth-order valence-corrected chi connectivity index (χ4v) is 6.70. The lowest BCUT2D eigenvalue weighted by atomic mass is 9.53. The summed E-state index contributed by atoms with van der Waals surface area (Å²) in [5.74, 6) is 2.50. The largest absolute Gasteiger partial charge is 0.351 e. The number of hydrogen-bond acceptors (Lipinski definition) is 2. The third-order valence-corrected chi connectivity index (χ3v) is 7.29. The molecule has 1 N–H and O–H groups in total. The number of nitrogens with one attached hydrogen (secondary N) is 1. The van der Waals surface area contributed by atoms with E-state index in [2.05, 4.69) is 5.32 Å². The molecule has 1 unspecified atom stereocenters. The Labute approximate surface area is 161 Å². The number of carbonyl (C=O) groups excluding carboxylic acids is 2. The average molecular weight is 364 g/mol. The van der Waals surface area contributed by atoms with Gasteiger partial charge >= 0.3 is 0 Å². The summed E-state index contributed by atoms with van der Waals surface area (Å²) in [6, 6.07) is 7.86. The summed E-state index contributed by atoms with van der Waals surface area (Å²) in [4.78, 5) is 27.0. The van der Waals surface area contributed by atoms with E-state index in [9.17, 15) is 9.59 Å². The van der Waals surface area contributed by atoms with Crippen LogP contribution in [0.5, 0.6) is 0 Å². The third-order valence-electron chi connectivity index (χ3n) is 7.29. The maximum atomic E-state index is 13.1. The predicted octanol–water partition coefficient (Wildman–Crippen LogP) is 4.04. The molecule has 0 aromatic heterocycles. The van der Waals surface area contributed by atoms with Gasteiger partial charge in [-0.3, -0.25) is 9.59 Å². The van der Waals surface area contributed by atoms with Crippen LogP contribution in [0.15, 0.2) is 30.5 Å². The van der Waals surface area contributed by atoms with Gasteiger partial charge in [0.25, 0.3) is 0 Å². The summed E-state index contributed by atoms with van der Waals surface area (Å²) in [7, 11) is 0. The topological polar surface area (TPSA) is 49.4 Å². The van der Waals surface area contributed by atoms with Gasteiger partial charge in [0.05, 0.1) is 12.5 Å². The van der Waals surface area contributed by atoms with Crippen molar-refractivity contribution in [1.82, 2.24) is 10.2 Å². The quantitative estimate of drug-likeness (QED) is 0.880. The highest BCUT2D eigenvalue weighted by atomic mass is 16.2. The molecule has 0 spiro atoms. The lowest BCUT2D eigenvalue weighted by Gasteiger charge is -2.57. The molecule has 6 rings (SSSR count). The Kier molecular flexibility index (Phi) is 3.92. The first-order chi connectivity index (χ1) is 13.0. The summed E-state index contributed by atoms with van der Waals surface area (Å²) in [6.45, 7) is 1.57. The lowest BCUT2D eigenvalue weighted by molar-refractivity contribution is -0.131. The number of carbonyl (C=O) groups is 2. The van der Waals surface area contributed by atoms with E-state index >= 15 is 0 Å². The van der Waals surface area contributed by atoms with Crippen LogP contribution in [0.3, 0.4) is 0 Å². The zero-order valence-electron chi connectivity index (χ0n) is 16.0. The Balaban J connectivity index is 1.35. The minimum atomic E-state index is -0.211. The summed E-state index contributed by atoms with van der Waals surface area (Å²) in [5.41, 5.74) is 2.19. The number of nitrogens with zero attached hydrogens (tertiary/aromatic N) is 1. The Morgan fingerprint density at radius 2 is 1.70 bits per heavy atom. The molecule has 1 atom stereocenters. The van der Waals surface area contributed by atoms with E-state index in [1.165, 1.54) is 19.3 Å². The number of hydrogen-bond donors (Lipinski definition) is 1. The molecule has 1 aliphatic heterocycles. The summed E-state index contributed by atoms with van der Waals surface area (Å²) < 4.78 is 0. The standard InChI is InChI=1S/C23H28N2O2/c1-15(26)25-7-6-19-4-2-3-5-20(19)21(25)11-22(27)24-23-12-16-8-17(13-23)10-18(9-16)14-23/h2-7,16-18,21H,8-14H2,1H3,(H,24,27). The third kappa shape index (κ3) is 2.99. The van der Waals surface area contributed by atoms with Gasteiger partial charge < -0.3 is 10.2 Å². The number of fused-ring (bicyclic) bond motifs is 1. The van der Waals surface area contributed by atoms with Crippen molar-refractivity contribution in [3.05, 3.63) is 41.6 Å². The van der Waals surface area contributed by atoms with Crippen molar-refractivity contribution in [3.63, 3.8) is 0 Å². The molecule has 5 aliphatic rings. The second-order valence-corrected chi connectivity index (χ2v) is 9.34.